The average Bonchev–Trinajstić information content (AvgIpc) is 2.84. The molecule has 20 heavy (non-hydrogen) atoms. The van der Waals surface area contributed by atoms with Crippen molar-refractivity contribution in [3.63, 3.8) is 0 Å². The van der Waals surface area contributed by atoms with Gasteiger partial charge < -0.3 is 9.14 Å². The molecule has 2 heterocycles. The number of hydrogen-bond acceptors (Lipinski definition) is 2. The number of imidazole rings is 1. The summed E-state index contributed by atoms with van der Waals surface area (Å²) in [4.78, 5) is 4.48. The molecule has 0 spiro atoms. The fourth-order valence-corrected chi connectivity index (χ4v) is 2.40. The zero-order chi connectivity index (χ0) is 14.1. The summed E-state index contributed by atoms with van der Waals surface area (Å²) >= 11 is 3.42. The summed E-state index contributed by atoms with van der Waals surface area (Å²) in [5, 5.41) is 0. The molecule has 102 valence electrons. The van der Waals surface area contributed by atoms with Crippen molar-refractivity contribution in [2.75, 3.05) is 0 Å². The summed E-state index contributed by atoms with van der Waals surface area (Å²) in [5.74, 6) is 0.119. The maximum Gasteiger partial charge on any atom is 0.387 e. The molecule has 0 saturated heterocycles. The number of benzene rings is 1. The minimum atomic E-state index is -2.83. The first-order valence-electron chi connectivity index (χ1n) is 5.82. The molecule has 0 aliphatic carbocycles. The Balaban J connectivity index is 2.04. The highest BCUT2D eigenvalue weighted by molar-refractivity contribution is 9.10. The number of alkyl halides is 2. The van der Waals surface area contributed by atoms with Gasteiger partial charge in [0.2, 0.25) is 0 Å². The van der Waals surface area contributed by atoms with Gasteiger partial charge in [-0.25, -0.2) is 4.98 Å². The third-order valence-corrected chi connectivity index (χ3v) is 3.41. The van der Waals surface area contributed by atoms with Crippen LogP contribution in [0.15, 0.2) is 53.3 Å². The Morgan fingerprint density at radius 3 is 2.80 bits per heavy atom. The quantitative estimate of drug-likeness (QED) is 0.709. The number of rotatable bonds is 3. The molecule has 2 aromatic heterocycles. The van der Waals surface area contributed by atoms with Crippen molar-refractivity contribution >= 4 is 21.6 Å². The highest BCUT2D eigenvalue weighted by Gasteiger charge is 2.09. The number of fused-ring (bicyclic) bond motifs is 1. The van der Waals surface area contributed by atoms with E-state index < -0.39 is 6.61 Å². The zero-order valence-electron chi connectivity index (χ0n) is 10.1. The van der Waals surface area contributed by atoms with Crippen LogP contribution in [0.4, 0.5) is 8.78 Å². The average molecular weight is 339 g/mol. The van der Waals surface area contributed by atoms with E-state index in [0.29, 0.717) is 5.69 Å². The summed E-state index contributed by atoms with van der Waals surface area (Å²) in [6, 6.07) is 10.3. The summed E-state index contributed by atoms with van der Waals surface area (Å²) in [6.45, 7) is -2.83. The molecule has 3 aromatic rings. The van der Waals surface area contributed by atoms with Crippen LogP contribution in [0.1, 0.15) is 0 Å². The van der Waals surface area contributed by atoms with Crippen molar-refractivity contribution in [2.24, 2.45) is 0 Å². The molecule has 6 heteroatoms. The lowest BCUT2D eigenvalue weighted by molar-refractivity contribution is -0.0498. The normalized spacial score (nSPS) is 11.2. The molecule has 0 amide bonds. The second-order valence-electron chi connectivity index (χ2n) is 4.12. The topological polar surface area (TPSA) is 26.5 Å². The van der Waals surface area contributed by atoms with Crippen LogP contribution in [-0.4, -0.2) is 16.0 Å². The van der Waals surface area contributed by atoms with E-state index in [-0.39, 0.29) is 5.75 Å². The molecule has 0 radical (unpaired) electrons. The Bertz CT molecular complexity index is 758. The fourth-order valence-electron chi connectivity index (χ4n) is 1.95. The Morgan fingerprint density at radius 1 is 1.20 bits per heavy atom. The van der Waals surface area contributed by atoms with Gasteiger partial charge in [-0.15, -0.1) is 0 Å². The summed E-state index contributed by atoms with van der Waals surface area (Å²) < 4.78 is 31.6. The molecule has 0 atom stereocenters. The first-order chi connectivity index (χ1) is 9.63. The van der Waals surface area contributed by atoms with Crippen LogP contribution >= 0.6 is 15.9 Å². The molecule has 0 fully saturated rings. The van der Waals surface area contributed by atoms with Gasteiger partial charge in [0.1, 0.15) is 5.75 Å². The lowest BCUT2D eigenvalue weighted by Gasteiger charge is -2.05. The van der Waals surface area contributed by atoms with E-state index >= 15 is 0 Å². The molecule has 0 aliphatic rings. The van der Waals surface area contributed by atoms with Gasteiger partial charge in [0.05, 0.1) is 10.2 Å². The Hall–Kier alpha value is -1.95. The maximum absolute atomic E-state index is 12.2. The second-order valence-corrected chi connectivity index (χ2v) is 4.97. The van der Waals surface area contributed by atoms with Gasteiger partial charge in [0.15, 0.2) is 5.65 Å². The van der Waals surface area contributed by atoms with Crippen molar-refractivity contribution in [3.05, 3.63) is 53.3 Å². The van der Waals surface area contributed by atoms with E-state index in [0.717, 1.165) is 15.7 Å². The maximum atomic E-state index is 12.2. The van der Waals surface area contributed by atoms with E-state index in [1.165, 1.54) is 6.07 Å². The fraction of sp³-hybridized carbons (Fsp3) is 0.0714. The van der Waals surface area contributed by atoms with Crippen molar-refractivity contribution < 1.29 is 13.5 Å². The first kappa shape index (κ1) is 13.1. The van der Waals surface area contributed by atoms with E-state index in [9.17, 15) is 8.78 Å². The Morgan fingerprint density at radius 2 is 2.05 bits per heavy atom. The molecule has 0 saturated carbocycles. The standard InChI is InChI=1S/C14H9BrF2N2O/c15-11-5-2-6-19-8-12(18-13(11)19)9-3-1-4-10(7-9)20-14(16)17/h1-8,14H. The molecule has 0 bridgehead atoms. The van der Waals surface area contributed by atoms with Crippen LogP contribution in [0.5, 0.6) is 5.75 Å². The van der Waals surface area contributed by atoms with Crippen LogP contribution in [0.25, 0.3) is 16.9 Å². The molecule has 0 N–H and O–H groups in total. The van der Waals surface area contributed by atoms with Gasteiger partial charge in [-0.05, 0) is 40.2 Å². The van der Waals surface area contributed by atoms with Crippen LogP contribution in [0.2, 0.25) is 0 Å². The Kier molecular flexibility index (Phi) is 3.40. The van der Waals surface area contributed by atoms with Crippen LogP contribution in [0.3, 0.4) is 0 Å². The van der Waals surface area contributed by atoms with Gasteiger partial charge >= 0.3 is 6.61 Å². The predicted molar refractivity (Wildman–Crippen MR) is 75.0 cm³/mol. The highest BCUT2D eigenvalue weighted by atomic mass is 79.9. The number of halogens is 3. The van der Waals surface area contributed by atoms with Crippen molar-refractivity contribution in [1.82, 2.24) is 9.38 Å². The van der Waals surface area contributed by atoms with Gasteiger partial charge in [0, 0.05) is 18.0 Å². The van der Waals surface area contributed by atoms with E-state index in [4.69, 9.17) is 0 Å². The first-order valence-corrected chi connectivity index (χ1v) is 6.61. The molecule has 3 rings (SSSR count). The lowest BCUT2D eigenvalue weighted by atomic mass is 10.1. The summed E-state index contributed by atoms with van der Waals surface area (Å²) in [5.41, 5.74) is 2.18. The highest BCUT2D eigenvalue weighted by Crippen LogP contribution is 2.26. The molecule has 3 nitrogen and oxygen atoms in total. The molecule has 1 aromatic carbocycles. The second kappa shape index (κ2) is 5.20. The smallest absolute Gasteiger partial charge is 0.387 e. The van der Waals surface area contributed by atoms with Crippen LogP contribution < -0.4 is 4.74 Å². The molecular weight excluding hydrogens is 330 g/mol. The molecule has 0 unspecified atom stereocenters. The van der Waals surface area contributed by atoms with Crippen molar-refractivity contribution in [1.29, 1.82) is 0 Å². The van der Waals surface area contributed by atoms with E-state index in [1.807, 2.05) is 28.9 Å². The van der Waals surface area contributed by atoms with E-state index in [1.54, 1.807) is 18.2 Å². The van der Waals surface area contributed by atoms with E-state index in [2.05, 4.69) is 25.7 Å². The number of aromatic nitrogens is 2. The summed E-state index contributed by atoms with van der Waals surface area (Å²) in [7, 11) is 0. The number of pyridine rings is 1. The van der Waals surface area contributed by atoms with Crippen molar-refractivity contribution in [3.8, 4) is 17.0 Å². The van der Waals surface area contributed by atoms with Crippen LogP contribution in [-0.2, 0) is 0 Å². The minimum absolute atomic E-state index is 0.119. The predicted octanol–water partition coefficient (Wildman–Crippen LogP) is 4.37. The zero-order valence-corrected chi connectivity index (χ0v) is 11.7. The van der Waals surface area contributed by atoms with Gasteiger partial charge in [-0.2, -0.15) is 8.78 Å². The lowest BCUT2D eigenvalue weighted by Crippen LogP contribution is -2.01. The van der Waals surface area contributed by atoms with Crippen LogP contribution in [0, 0.1) is 0 Å². The number of ether oxygens (including phenoxy) is 1. The third kappa shape index (κ3) is 2.51. The monoisotopic (exact) mass is 338 g/mol. The van der Waals surface area contributed by atoms with Gasteiger partial charge in [0.25, 0.3) is 0 Å². The Labute approximate surface area is 122 Å². The number of nitrogens with zero attached hydrogens (tertiary/aromatic N) is 2. The van der Waals surface area contributed by atoms with Crippen molar-refractivity contribution in [2.45, 2.75) is 6.61 Å². The summed E-state index contributed by atoms with van der Waals surface area (Å²) in [6.07, 6.45) is 3.71. The van der Waals surface area contributed by atoms with Gasteiger partial charge in [-0.1, -0.05) is 12.1 Å². The SMILES string of the molecule is FC(F)Oc1cccc(-c2cn3cccc(Br)c3n2)c1. The third-order valence-electron chi connectivity index (χ3n) is 2.79. The minimum Gasteiger partial charge on any atom is -0.435 e. The number of hydrogen-bond donors (Lipinski definition) is 0. The van der Waals surface area contributed by atoms with Gasteiger partial charge in [-0.3, -0.25) is 0 Å². The molecular formula is C14H9BrF2N2O. The largest absolute Gasteiger partial charge is 0.435 e. The molecule has 0 aliphatic heterocycles.